The van der Waals surface area contributed by atoms with Gasteiger partial charge in [0.05, 0.1) is 5.69 Å². The van der Waals surface area contributed by atoms with E-state index in [0.717, 1.165) is 18.2 Å². The molecule has 1 aliphatic heterocycles. The maximum absolute atomic E-state index is 4.11. The zero-order valence-electron chi connectivity index (χ0n) is 10.1. The van der Waals surface area contributed by atoms with E-state index in [2.05, 4.69) is 51.4 Å². The summed E-state index contributed by atoms with van der Waals surface area (Å²) in [5.41, 5.74) is 2.21. The maximum Gasteiger partial charge on any atom is 0.138 e. The smallest absolute Gasteiger partial charge is 0.138 e. The number of benzene rings is 1. The zero-order chi connectivity index (χ0) is 12.2. The van der Waals surface area contributed by atoms with Gasteiger partial charge in [0.1, 0.15) is 12.7 Å². The van der Waals surface area contributed by atoms with Crippen LogP contribution in [0.15, 0.2) is 36.9 Å². The number of nitrogens with zero attached hydrogens (tertiary/aromatic N) is 3. The van der Waals surface area contributed by atoms with Crippen LogP contribution in [0.5, 0.6) is 0 Å². The number of hydrogen-bond acceptors (Lipinski definition) is 4. The largest absolute Gasteiger partial charge is 0.385 e. The van der Waals surface area contributed by atoms with Crippen molar-refractivity contribution < 1.29 is 0 Å². The third-order valence-electron chi connectivity index (χ3n) is 3.17. The van der Waals surface area contributed by atoms with Crippen LogP contribution in [0, 0.1) is 5.92 Å². The van der Waals surface area contributed by atoms with Gasteiger partial charge in [0.2, 0.25) is 0 Å². The van der Waals surface area contributed by atoms with E-state index in [1.165, 1.54) is 23.6 Å². The van der Waals surface area contributed by atoms with E-state index in [4.69, 9.17) is 0 Å². The number of aromatic nitrogens is 3. The molecule has 0 radical (unpaired) electrons. The number of nitrogens with one attached hydrogen (secondary N) is 1. The summed E-state index contributed by atoms with van der Waals surface area (Å²) in [6, 6.07) is 8.30. The fourth-order valence-electron chi connectivity index (χ4n) is 2.08. The molecule has 0 amide bonds. The van der Waals surface area contributed by atoms with Crippen molar-refractivity contribution in [3.8, 4) is 5.69 Å². The third kappa shape index (κ3) is 2.67. The van der Waals surface area contributed by atoms with Crippen LogP contribution >= 0.6 is 11.8 Å². The summed E-state index contributed by atoms with van der Waals surface area (Å²) in [4.78, 5) is 3.94. The van der Waals surface area contributed by atoms with Crippen molar-refractivity contribution in [2.75, 3.05) is 23.4 Å². The molecule has 1 aliphatic rings. The quantitative estimate of drug-likeness (QED) is 0.917. The van der Waals surface area contributed by atoms with Crippen LogP contribution in [0.1, 0.15) is 6.42 Å². The highest BCUT2D eigenvalue weighted by Gasteiger charge is 2.14. The van der Waals surface area contributed by atoms with Gasteiger partial charge in [-0.05, 0) is 48.1 Å². The van der Waals surface area contributed by atoms with Crippen LogP contribution in [-0.2, 0) is 0 Å². The Hall–Kier alpha value is -1.49. The fourth-order valence-corrected chi connectivity index (χ4v) is 3.36. The van der Waals surface area contributed by atoms with Gasteiger partial charge >= 0.3 is 0 Å². The molecule has 1 N–H and O–H groups in total. The SMILES string of the molecule is c1ncn(-c2ccc(NCC3CCSC3)cc2)n1. The molecule has 1 unspecified atom stereocenters. The normalized spacial score (nSPS) is 19.0. The standard InChI is InChI=1S/C13H16N4S/c1-3-13(17-10-14-9-16-17)4-2-12(1)15-7-11-5-6-18-8-11/h1-4,9-11,15H,5-8H2. The monoisotopic (exact) mass is 260 g/mol. The average Bonchev–Trinajstić information content (AvgIpc) is 3.10. The number of hydrogen-bond donors (Lipinski definition) is 1. The number of thioether (sulfide) groups is 1. The van der Waals surface area contributed by atoms with Crippen LogP contribution in [-0.4, -0.2) is 32.8 Å². The predicted molar refractivity (Wildman–Crippen MR) is 75.3 cm³/mol. The van der Waals surface area contributed by atoms with Crippen LogP contribution in [0.2, 0.25) is 0 Å². The molecule has 0 aliphatic carbocycles. The molecule has 5 heteroatoms. The molecule has 1 aromatic carbocycles. The van der Waals surface area contributed by atoms with Crippen LogP contribution < -0.4 is 5.32 Å². The van der Waals surface area contributed by atoms with E-state index in [0.29, 0.717) is 0 Å². The molecular formula is C13H16N4S. The molecule has 0 saturated carbocycles. The minimum absolute atomic E-state index is 0.824. The van der Waals surface area contributed by atoms with Gasteiger partial charge in [0, 0.05) is 12.2 Å². The molecule has 0 bridgehead atoms. The van der Waals surface area contributed by atoms with Crippen molar-refractivity contribution in [1.29, 1.82) is 0 Å². The first-order chi connectivity index (χ1) is 8.92. The minimum Gasteiger partial charge on any atom is -0.385 e. The summed E-state index contributed by atoms with van der Waals surface area (Å²) in [7, 11) is 0. The highest BCUT2D eigenvalue weighted by Crippen LogP contribution is 2.23. The highest BCUT2D eigenvalue weighted by atomic mass is 32.2. The number of rotatable bonds is 4. The Morgan fingerprint density at radius 1 is 1.33 bits per heavy atom. The van der Waals surface area contributed by atoms with Gasteiger partial charge in [-0.2, -0.15) is 16.9 Å². The Balaban J connectivity index is 1.60. The van der Waals surface area contributed by atoms with E-state index in [-0.39, 0.29) is 0 Å². The van der Waals surface area contributed by atoms with Gasteiger partial charge in [0.15, 0.2) is 0 Å². The molecule has 1 saturated heterocycles. The molecule has 2 heterocycles. The van der Waals surface area contributed by atoms with E-state index in [1.54, 1.807) is 17.3 Å². The average molecular weight is 260 g/mol. The van der Waals surface area contributed by atoms with Gasteiger partial charge in [0.25, 0.3) is 0 Å². The molecule has 18 heavy (non-hydrogen) atoms. The predicted octanol–water partition coefficient (Wildman–Crippen LogP) is 2.43. The Labute approximate surface area is 111 Å². The van der Waals surface area contributed by atoms with Gasteiger partial charge in [-0.25, -0.2) is 9.67 Å². The second-order valence-corrected chi connectivity index (χ2v) is 5.65. The Bertz CT molecular complexity index is 474. The molecular weight excluding hydrogens is 244 g/mol. The fraction of sp³-hybridized carbons (Fsp3) is 0.385. The van der Waals surface area contributed by atoms with Crippen molar-refractivity contribution in [3.05, 3.63) is 36.9 Å². The minimum atomic E-state index is 0.824. The Morgan fingerprint density at radius 2 is 2.22 bits per heavy atom. The van der Waals surface area contributed by atoms with Crippen molar-refractivity contribution in [2.24, 2.45) is 5.92 Å². The Kier molecular flexibility index (Phi) is 3.50. The van der Waals surface area contributed by atoms with Crippen LogP contribution in [0.3, 0.4) is 0 Å². The van der Waals surface area contributed by atoms with Crippen molar-refractivity contribution >= 4 is 17.4 Å². The summed E-state index contributed by atoms with van der Waals surface area (Å²) in [5.74, 6) is 3.44. The second kappa shape index (κ2) is 5.44. The lowest BCUT2D eigenvalue weighted by molar-refractivity contribution is 0.632. The zero-order valence-corrected chi connectivity index (χ0v) is 10.9. The molecule has 3 rings (SSSR count). The molecule has 94 valence electrons. The highest BCUT2D eigenvalue weighted by molar-refractivity contribution is 7.99. The molecule has 1 fully saturated rings. The van der Waals surface area contributed by atoms with E-state index in [1.807, 2.05) is 0 Å². The third-order valence-corrected chi connectivity index (χ3v) is 4.40. The number of anilines is 1. The first kappa shape index (κ1) is 11.6. The lowest BCUT2D eigenvalue weighted by atomic mass is 10.1. The van der Waals surface area contributed by atoms with E-state index >= 15 is 0 Å². The van der Waals surface area contributed by atoms with Crippen LogP contribution in [0.25, 0.3) is 5.69 Å². The lowest BCUT2D eigenvalue weighted by Gasteiger charge is -2.11. The maximum atomic E-state index is 4.11. The first-order valence-corrected chi connectivity index (χ1v) is 7.34. The van der Waals surface area contributed by atoms with Crippen LogP contribution in [0.4, 0.5) is 5.69 Å². The molecule has 4 nitrogen and oxygen atoms in total. The van der Waals surface area contributed by atoms with Gasteiger partial charge in [-0.3, -0.25) is 0 Å². The van der Waals surface area contributed by atoms with Crippen molar-refractivity contribution in [1.82, 2.24) is 14.8 Å². The molecule has 1 aromatic heterocycles. The Morgan fingerprint density at radius 3 is 2.89 bits per heavy atom. The lowest BCUT2D eigenvalue weighted by Crippen LogP contribution is -2.13. The van der Waals surface area contributed by atoms with Gasteiger partial charge in [-0.1, -0.05) is 0 Å². The summed E-state index contributed by atoms with van der Waals surface area (Å²) in [5, 5.41) is 7.61. The van der Waals surface area contributed by atoms with Gasteiger partial charge in [-0.15, -0.1) is 0 Å². The van der Waals surface area contributed by atoms with Gasteiger partial charge < -0.3 is 5.32 Å². The molecule has 0 spiro atoms. The van der Waals surface area contributed by atoms with Crippen molar-refractivity contribution in [2.45, 2.75) is 6.42 Å². The molecule has 2 aromatic rings. The summed E-state index contributed by atoms with van der Waals surface area (Å²) in [6.45, 7) is 1.08. The van der Waals surface area contributed by atoms with Crippen molar-refractivity contribution in [3.63, 3.8) is 0 Å². The van der Waals surface area contributed by atoms with E-state index in [9.17, 15) is 0 Å². The summed E-state index contributed by atoms with van der Waals surface area (Å²) < 4.78 is 1.76. The molecule has 1 atom stereocenters. The summed E-state index contributed by atoms with van der Waals surface area (Å²) >= 11 is 2.06. The first-order valence-electron chi connectivity index (χ1n) is 6.18. The summed E-state index contributed by atoms with van der Waals surface area (Å²) in [6.07, 6.45) is 4.59. The van der Waals surface area contributed by atoms with E-state index < -0.39 is 0 Å². The second-order valence-electron chi connectivity index (χ2n) is 4.50. The topological polar surface area (TPSA) is 42.7 Å².